The number of hydrogen-bond donors (Lipinski definition) is 6. The van der Waals surface area contributed by atoms with Crippen molar-refractivity contribution in [1.82, 2.24) is 0 Å². The summed E-state index contributed by atoms with van der Waals surface area (Å²) in [6.07, 6.45) is 26.6. The van der Waals surface area contributed by atoms with Crippen molar-refractivity contribution < 1.29 is 67.8 Å². The maximum atomic E-state index is 12.8. The van der Waals surface area contributed by atoms with Gasteiger partial charge in [-0.05, 0) is 51.4 Å². The number of carbonyl (C=O) groups is 2. The van der Waals surface area contributed by atoms with E-state index in [2.05, 4.69) is 38.2 Å². The molecule has 0 spiro atoms. The van der Waals surface area contributed by atoms with E-state index in [1.165, 1.54) is 89.9 Å². The predicted molar refractivity (Wildman–Crippen MR) is 239 cm³/mol. The quantitative estimate of drug-likeness (QED) is 0.0113. The predicted octanol–water partition coefficient (Wildman–Crippen LogP) is 8.38. The van der Waals surface area contributed by atoms with Gasteiger partial charge in [0.05, 0.1) is 18.8 Å². The number of epoxide rings is 1. The monoisotopic (exact) mass is 903 g/mol. The zero-order valence-electron chi connectivity index (χ0n) is 37.9. The molecule has 14 nitrogen and oxygen atoms in total. The lowest BCUT2D eigenvalue weighted by atomic mass is 9.85. The van der Waals surface area contributed by atoms with E-state index in [1.807, 2.05) is 12.2 Å². The van der Waals surface area contributed by atoms with Crippen LogP contribution in [0.3, 0.4) is 0 Å². The van der Waals surface area contributed by atoms with Crippen LogP contribution in [-0.2, 0) is 37.4 Å². The molecule has 360 valence electrons. The lowest BCUT2D eigenvalue weighted by molar-refractivity contribution is -0.220. The van der Waals surface area contributed by atoms with Crippen LogP contribution in [0.1, 0.15) is 181 Å². The molecule has 0 aromatic carbocycles. The second-order valence-electron chi connectivity index (χ2n) is 17.0. The Labute approximate surface area is 372 Å². The normalized spacial score (nSPS) is 25.4. The number of carbonyl (C=O) groups excluding carboxylic acids is 2. The summed E-state index contributed by atoms with van der Waals surface area (Å²) in [6, 6.07) is 0. The minimum atomic E-state index is -5.14. The van der Waals surface area contributed by atoms with Gasteiger partial charge in [0.1, 0.15) is 43.2 Å². The van der Waals surface area contributed by atoms with Crippen molar-refractivity contribution in [3.63, 3.8) is 0 Å². The Morgan fingerprint density at radius 1 is 0.565 bits per heavy atom. The van der Waals surface area contributed by atoms with Crippen molar-refractivity contribution >= 4 is 19.8 Å². The fourth-order valence-electron chi connectivity index (χ4n) is 7.38. The average molecular weight is 903 g/mol. The van der Waals surface area contributed by atoms with Crippen molar-refractivity contribution in [3.05, 3.63) is 36.5 Å². The molecule has 2 aliphatic rings. The number of aliphatic hydroxyl groups is 5. The van der Waals surface area contributed by atoms with Gasteiger partial charge >= 0.3 is 19.8 Å². The Kier molecular flexibility index (Phi) is 31.1. The summed E-state index contributed by atoms with van der Waals surface area (Å²) in [7, 11) is -5.14. The number of phosphoric acid groups is 1. The van der Waals surface area contributed by atoms with Gasteiger partial charge in [-0.1, -0.05) is 153 Å². The summed E-state index contributed by atoms with van der Waals surface area (Å²) < 4.78 is 39.2. The molecule has 0 aromatic heterocycles. The first-order valence-electron chi connectivity index (χ1n) is 23.9. The van der Waals surface area contributed by atoms with E-state index in [1.54, 1.807) is 0 Å². The van der Waals surface area contributed by atoms with E-state index in [4.69, 9.17) is 23.3 Å². The second-order valence-corrected chi connectivity index (χ2v) is 18.4. The minimum absolute atomic E-state index is 0.0169. The van der Waals surface area contributed by atoms with Crippen LogP contribution in [0.5, 0.6) is 0 Å². The first-order chi connectivity index (χ1) is 29.9. The van der Waals surface area contributed by atoms with Crippen LogP contribution in [0.4, 0.5) is 0 Å². The molecule has 62 heavy (non-hydrogen) atoms. The van der Waals surface area contributed by atoms with Gasteiger partial charge in [0.25, 0.3) is 0 Å². The molecule has 1 saturated heterocycles. The minimum Gasteiger partial charge on any atom is -0.462 e. The molecule has 15 heteroatoms. The molecular formula is C47H83O14P. The molecule has 1 aliphatic carbocycles. The summed E-state index contributed by atoms with van der Waals surface area (Å²) in [5.74, 6) is -1.17. The van der Waals surface area contributed by atoms with Crippen LogP contribution in [-0.4, -0.2) is 111 Å². The molecule has 8 unspecified atom stereocenters. The highest BCUT2D eigenvalue weighted by molar-refractivity contribution is 7.47. The summed E-state index contributed by atoms with van der Waals surface area (Å²) in [5, 5.41) is 50.2. The number of allylic oxidation sites excluding steroid dienone is 4. The lowest BCUT2D eigenvalue weighted by Crippen LogP contribution is -2.64. The first kappa shape index (κ1) is 56.2. The Hall–Kier alpha value is -1.97. The van der Waals surface area contributed by atoms with Gasteiger partial charge in [0.2, 0.25) is 0 Å². The van der Waals surface area contributed by atoms with Gasteiger partial charge in [-0.3, -0.25) is 18.6 Å². The molecule has 0 radical (unpaired) electrons. The highest BCUT2D eigenvalue weighted by Crippen LogP contribution is 2.47. The third-order valence-corrected chi connectivity index (χ3v) is 12.4. The van der Waals surface area contributed by atoms with Crippen molar-refractivity contribution in [1.29, 1.82) is 0 Å². The van der Waals surface area contributed by atoms with E-state index >= 15 is 0 Å². The van der Waals surface area contributed by atoms with Crippen LogP contribution in [0.25, 0.3) is 0 Å². The lowest BCUT2D eigenvalue weighted by Gasteiger charge is -2.41. The smallest absolute Gasteiger partial charge is 0.462 e. The molecule has 6 N–H and O–H groups in total. The maximum Gasteiger partial charge on any atom is 0.472 e. The van der Waals surface area contributed by atoms with Crippen LogP contribution in [0.15, 0.2) is 36.5 Å². The van der Waals surface area contributed by atoms with Gasteiger partial charge in [-0.2, -0.15) is 0 Å². The molecule has 8 atom stereocenters. The van der Waals surface area contributed by atoms with E-state index in [-0.39, 0.29) is 18.9 Å². The van der Waals surface area contributed by atoms with E-state index < -0.39 is 75.7 Å². The second kappa shape index (κ2) is 34.4. The number of rotatable bonds is 38. The van der Waals surface area contributed by atoms with E-state index in [0.29, 0.717) is 25.4 Å². The number of hydrogen-bond acceptors (Lipinski definition) is 13. The third-order valence-electron chi connectivity index (χ3n) is 11.4. The third kappa shape index (κ3) is 26.1. The molecule has 1 aliphatic heterocycles. The van der Waals surface area contributed by atoms with E-state index in [9.17, 15) is 44.6 Å². The molecule has 1 saturated carbocycles. The number of ether oxygens (including phenoxy) is 3. The number of unbranched alkanes of at least 4 members (excludes halogenated alkanes) is 18. The highest BCUT2D eigenvalue weighted by Gasteiger charge is 2.51. The number of aliphatic hydroxyl groups excluding tert-OH is 5. The zero-order chi connectivity index (χ0) is 45.4. The van der Waals surface area contributed by atoms with Crippen molar-refractivity contribution in [2.45, 2.75) is 236 Å². The van der Waals surface area contributed by atoms with Gasteiger partial charge < -0.3 is 44.6 Å². The largest absolute Gasteiger partial charge is 0.472 e. The van der Waals surface area contributed by atoms with Gasteiger partial charge in [0.15, 0.2) is 6.10 Å². The average Bonchev–Trinajstić information content (AvgIpc) is 4.01. The molecule has 0 amide bonds. The molecular weight excluding hydrogens is 819 g/mol. The molecule has 2 fully saturated rings. The maximum absolute atomic E-state index is 12.8. The summed E-state index contributed by atoms with van der Waals surface area (Å²) in [4.78, 5) is 35.7. The number of esters is 2. The van der Waals surface area contributed by atoms with Crippen molar-refractivity contribution in [3.8, 4) is 0 Å². The summed E-state index contributed by atoms with van der Waals surface area (Å²) >= 11 is 0. The van der Waals surface area contributed by atoms with Crippen LogP contribution >= 0.6 is 7.82 Å². The standard InChI is InChI=1S/C47H83O14P/c1-3-5-7-9-11-12-13-14-15-16-17-18-21-25-29-33-40(48)57-35-37(36-58-62(55,56)61-47-45(53)43(51)42(50)44(52)46(47)54)59-41(49)34-30-26-22-19-20-24-28-32-39-38(60-39)31-27-23-10-8-6-4-2/h19,22-24,27-28,37-39,42-47,50-54H,3-18,20-21,25-26,29-36H2,1-2H3,(H,55,56)/b22-19-,27-23+,28-24-. The van der Waals surface area contributed by atoms with E-state index in [0.717, 1.165) is 44.9 Å². The van der Waals surface area contributed by atoms with Crippen LogP contribution < -0.4 is 0 Å². The van der Waals surface area contributed by atoms with Gasteiger partial charge in [-0.15, -0.1) is 0 Å². The number of phosphoric ester groups is 1. The first-order valence-corrected chi connectivity index (χ1v) is 25.4. The Morgan fingerprint density at radius 3 is 1.60 bits per heavy atom. The summed E-state index contributed by atoms with van der Waals surface area (Å²) in [6.45, 7) is 3.22. The van der Waals surface area contributed by atoms with Crippen LogP contribution in [0, 0.1) is 0 Å². The zero-order valence-corrected chi connectivity index (χ0v) is 38.8. The fraction of sp³-hybridized carbons (Fsp3) is 0.830. The highest BCUT2D eigenvalue weighted by atomic mass is 31.2. The molecule has 1 heterocycles. The Morgan fingerprint density at radius 2 is 1.02 bits per heavy atom. The summed E-state index contributed by atoms with van der Waals surface area (Å²) in [5.41, 5.74) is 0. The van der Waals surface area contributed by atoms with Crippen molar-refractivity contribution in [2.75, 3.05) is 13.2 Å². The molecule has 0 bridgehead atoms. The Balaban J connectivity index is 1.72. The van der Waals surface area contributed by atoms with Gasteiger partial charge in [0, 0.05) is 12.8 Å². The Bertz CT molecular complexity index is 1290. The SMILES string of the molecule is CCCCC/C=C/CC1OC1C/C=C\C/C=C\CCCC(=O)OC(COC(=O)CCCCCCCCCCCCCCCCC)COP(=O)(O)OC1C(O)C(O)C(O)C(O)C1O. The van der Waals surface area contributed by atoms with Crippen molar-refractivity contribution in [2.24, 2.45) is 0 Å². The fourth-order valence-corrected chi connectivity index (χ4v) is 8.35. The topological polar surface area (TPSA) is 222 Å². The molecule has 0 aromatic rings. The molecule has 2 rings (SSSR count). The van der Waals surface area contributed by atoms with Gasteiger partial charge in [-0.25, -0.2) is 4.57 Å². The van der Waals surface area contributed by atoms with Crippen LogP contribution in [0.2, 0.25) is 0 Å².